The van der Waals surface area contributed by atoms with Gasteiger partial charge in [0, 0.05) is 24.0 Å². The highest BCUT2D eigenvalue weighted by Gasteiger charge is 2.35. The summed E-state index contributed by atoms with van der Waals surface area (Å²) in [5, 5.41) is 0.558. The largest absolute Gasteiger partial charge is 0.383 e. The van der Waals surface area contributed by atoms with E-state index in [9.17, 15) is 9.59 Å². The van der Waals surface area contributed by atoms with Gasteiger partial charge in [0.1, 0.15) is 5.82 Å². The molecule has 3 aromatic rings. The van der Waals surface area contributed by atoms with Crippen molar-refractivity contribution in [2.75, 3.05) is 20.3 Å². The van der Waals surface area contributed by atoms with Crippen LogP contribution in [-0.4, -0.2) is 40.6 Å². The van der Waals surface area contributed by atoms with E-state index in [2.05, 4.69) is 15.9 Å². The van der Waals surface area contributed by atoms with Crippen molar-refractivity contribution in [2.45, 2.75) is 38.6 Å². The van der Waals surface area contributed by atoms with E-state index in [-0.39, 0.29) is 23.4 Å². The van der Waals surface area contributed by atoms with Crippen LogP contribution in [0.2, 0.25) is 0 Å². The molecule has 0 saturated heterocycles. The minimum atomic E-state index is -0.334. The smallest absolute Gasteiger partial charge is 0.266 e. The fraction of sp³-hybridized carbons (Fsp3) is 0.400. The molecule has 4 rings (SSSR count). The number of methoxy groups -OCH3 is 1. The molecule has 1 aromatic heterocycles. The lowest BCUT2D eigenvalue weighted by atomic mass is 9.84. The highest BCUT2D eigenvalue weighted by molar-refractivity contribution is 9.10. The lowest BCUT2D eigenvalue weighted by Gasteiger charge is -2.37. The van der Waals surface area contributed by atoms with Crippen LogP contribution >= 0.6 is 15.9 Å². The van der Waals surface area contributed by atoms with Gasteiger partial charge in [0.25, 0.3) is 5.56 Å². The van der Waals surface area contributed by atoms with Crippen LogP contribution in [0.5, 0.6) is 0 Å². The van der Waals surface area contributed by atoms with E-state index in [1.165, 1.54) is 0 Å². The molecular formula is C25H28BrN3O3. The van der Waals surface area contributed by atoms with Crippen molar-refractivity contribution in [1.82, 2.24) is 14.5 Å². The lowest BCUT2D eigenvalue weighted by molar-refractivity contribution is -0.142. The van der Waals surface area contributed by atoms with E-state index in [0.29, 0.717) is 36.3 Å². The summed E-state index contributed by atoms with van der Waals surface area (Å²) in [6, 6.07) is 14.6. The van der Waals surface area contributed by atoms with Crippen molar-refractivity contribution < 1.29 is 9.53 Å². The van der Waals surface area contributed by atoms with Gasteiger partial charge in [-0.2, -0.15) is 0 Å². The van der Waals surface area contributed by atoms with Crippen molar-refractivity contribution in [1.29, 1.82) is 0 Å². The van der Waals surface area contributed by atoms with Crippen LogP contribution in [0.15, 0.2) is 57.8 Å². The maximum absolute atomic E-state index is 13.6. The number of halogens is 1. The first-order valence-electron chi connectivity index (χ1n) is 11.1. The molecule has 32 heavy (non-hydrogen) atoms. The van der Waals surface area contributed by atoms with Gasteiger partial charge in [0.05, 0.1) is 29.2 Å². The number of carbonyl (C=O) groups excluding carboxylic acids is 1. The van der Waals surface area contributed by atoms with Crippen molar-refractivity contribution in [2.24, 2.45) is 5.92 Å². The third kappa shape index (κ3) is 4.36. The fourth-order valence-corrected chi connectivity index (χ4v) is 4.52. The molecule has 0 aliphatic heterocycles. The molecule has 1 aliphatic carbocycles. The number of rotatable bonds is 8. The van der Waals surface area contributed by atoms with Crippen LogP contribution in [0.1, 0.15) is 44.5 Å². The summed E-state index contributed by atoms with van der Waals surface area (Å²) >= 11 is 3.47. The SMILES string of the molecule is CCC(c1nc2ccccc2c(=O)n1-c1ccc(Br)cc1)N(CCOC)C(=O)C1CCC1. The third-order valence-corrected chi connectivity index (χ3v) is 6.75. The van der Waals surface area contributed by atoms with E-state index in [1.54, 1.807) is 17.7 Å². The van der Waals surface area contributed by atoms with Crippen LogP contribution < -0.4 is 5.56 Å². The first kappa shape index (κ1) is 22.7. The number of aromatic nitrogens is 2. The predicted octanol–water partition coefficient (Wildman–Crippen LogP) is 4.87. The van der Waals surface area contributed by atoms with Crippen LogP contribution in [0.4, 0.5) is 0 Å². The molecule has 168 valence electrons. The maximum atomic E-state index is 13.6. The van der Waals surface area contributed by atoms with Crippen LogP contribution in [0, 0.1) is 5.92 Å². The molecule has 0 radical (unpaired) electrons. The Morgan fingerprint density at radius 3 is 2.56 bits per heavy atom. The zero-order valence-electron chi connectivity index (χ0n) is 18.5. The number of carbonyl (C=O) groups is 1. The lowest BCUT2D eigenvalue weighted by Crippen LogP contribution is -2.44. The van der Waals surface area contributed by atoms with E-state index in [1.807, 2.05) is 54.3 Å². The number of para-hydroxylation sites is 1. The summed E-state index contributed by atoms with van der Waals surface area (Å²) in [5.41, 5.74) is 1.24. The van der Waals surface area contributed by atoms with Gasteiger partial charge >= 0.3 is 0 Å². The van der Waals surface area contributed by atoms with Gasteiger partial charge in [0.2, 0.25) is 5.91 Å². The summed E-state index contributed by atoms with van der Waals surface area (Å²) in [7, 11) is 1.64. The number of fused-ring (bicyclic) bond motifs is 1. The van der Waals surface area contributed by atoms with Crippen molar-refractivity contribution in [3.05, 3.63) is 69.2 Å². The van der Waals surface area contributed by atoms with Crippen molar-refractivity contribution in [3.63, 3.8) is 0 Å². The Kier molecular flexibility index (Phi) is 7.06. The number of benzene rings is 2. The Morgan fingerprint density at radius 1 is 1.22 bits per heavy atom. The highest BCUT2D eigenvalue weighted by atomic mass is 79.9. The summed E-state index contributed by atoms with van der Waals surface area (Å²) in [5.74, 6) is 0.765. The summed E-state index contributed by atoms with van der Waals surface area (Å²) < 4.78 is 7.91. The molecule has 7 heteroatoms. The van der Waals surface area contributed by atoms with Crippen LogP contribution in [0.3, 0.4) is 0 Å². The molecule has 0 spiro atoms. The third-order valence-electron chi connectivity index (χ3n) is 6.22. The van der Waals surface area contributed by atoms with Crippen molar-refractivity contribution in [3.8, 4) is 5.69 Å². The molecule has 1 heterocycles. The Morgan fingerprint density at radius 2 is 1.94 bits per heavy atom. The second kappa shape index (κ2) is 9.96. The second-order valence-corrected chi connectivity index (χ2v) is 9.10. The first-order valence-corrected chi connectivity index (χ1v) is 11.9. The Hall–Kier alpha value is -2.51. The molecular weight excluding hydrogens is 470 g/mol. The molecule has 0 bridgehead atoms. The summed E-state index contributed by atoms with van der Waals surface area (Å²) in [6.07, 6.45) is 3.57. The minimum Gasteiger partial charge on any atom is -0.383 e. The number of nitrogens with zero attached hydrogens (tertiary/aromatic N) is 3. The van der Waals surface area contributed by atoms with Gasteiger partial charge in [-0.3, -0.25) is 14.2 Å². The molecule has 0 N–H and O–H groups in total. The summed E-state index contributed by atoms with van der Waals surface area (Å²) in [4.78, 5) is 33.9. The average Bonchev–Trinajstić information content (AvgIpc) is 2.76. The number of hydrogen-bond donors (Lipinski definition) is 0. The standard InChI is InChI=1S/C25H28BrN3O3/c1-3-22(28(15-16-32-2)24(30)17-7-6-8-17)23-27-21-10-5-4-9-20(21)25(31)29(23)19-13-11-18(26)12-14-19/h4-5,9-14,17,22H,3,6-8,15-16H2,1-2H3. The fourth-order valence-electron chi connectivity index (χ4n) is 4.25. The topological polar surface area (TPSA) is 64.4 Å². The van der Waals surface area contributed by atoms with E-state index in [4.69, 9.17) is 9.72 Å². The monoisotopic (exact) mass is 497 g/mol. The maximum Gasteiger partial charge on any atom is 0.266 e. The van der Waals surface area contributed by atoms with Gasteiger partial charge in [-0.15, -0.1) is 0 Å². The quantitative estimate of drug-likeness (QED) is 0.445. The molecule has 1 aliphatic rings. The van der Waals surface area contributed by atoms with Gasteiger partial charge in [0.15, 0.2) is 0 Å². The molecule has 1 atom stereocenters. The minimum absolute atomic E-state index is 0.0502. The highest BCUT2D eigenvalue weighted by Crippen LogP contribution is 2.33. The zero-order chi connectivity index (χ0) is 22.7. The Labute approximate surface area is 196 Å². The second-order valence-electron chi connectivity index (χ2n) is 8.18. The molecule has 1 saturated carbocycles. The molecule has 1 amide bonds. The summed E-state index contributed by atoms with van der Waals surface area (Å²) in [6.45, 7) is 2.93. The zero-order valence-corrected chi connectivity index (χ0v) is 20.0. The van der Waals surface area contributed by atoms with Gasteiger partial charge in [-0.1, -0.05) is 41.4 Å². The average molecular weight is 498 g/mol. The molecule has 6 nitrogen and oxygen atoms in total. The first-order chi connectivity index (χ1) is 15.5. The van der Waals surface area contributed by atoms with Crippen LogP contribution in [0.25, 0.3) is 16.6 Å². The van der Waals surface area contributed by atoms with Gasteiger partial charge in [-0.05, 0) is 55.7 Å². The Balaban J connectivity index is 1.91. The Bertz CT molecular complexity index is 1160. The number of ether oxygens (including phenoxy) is 1. The van der Waals surface area contributed by atoms with Crippen molar-refractivity contribution >= 4 is 32.7 Å². The normalized spacial score (nSPS) is 14.8. The predicted molar refractivity (Wildman–Crippen MR) is 129 cm³/mol. The van der Waals surface area contributed by atoms with Gasteiger partial charge in [-0.25, -0.2) is 4.98 Å². The number of amides is 1. The molecule has 1 fully saturated rings. The van der Waals surface area contributed by atoms with E-state index in [0.717, 1.165) is 29.4 Å². The van der Waals surface area contributed by atoms with Crippen LogP contribution in [-0.2, 0) is 9.53 Å². The van der Waals surface area contributed by atoms with E-state index >= 15 is 0 Å². The van der Waals surface area contributed by atoms with E-state index < -0.39 is 0 Å². The molecule has 2 aromatic carbocycles. The van der Waals surface area contributed by atoms with Gasteiger partial charge < -0.3 is 9.64 Å². The molecule has 1 unspecified atom stereocenters. The number of hydrogen-bond acceptors (Lipinski definition) is 4.